The molecule has 13 heteroatoms. The van der Waals surface area contributed by atoms with Crippen LogP contribution < -0.4 is 5.32 Å². The molecular formula is C9H6F3N3O6S. The number of carboxylic acid groups (broad SMARTS) is 1. The lowest BCUT2D eigenvalue weighted by atomic mass is 10.2. The lowest BCUT2D eigenvalue weighted by Gasteiger charge is -2.09. The van der Waals surface area contributed by atoms with Crippen LogP contribution in [0.4, 0.5) is 30.2 Å². The maximum absolute atomic E-state index is 12.3. The summed E-state index contributed by atoms with van der Waals surface area (Å²) in [6, 6.07) is 0.963. The number of halogens is 3. The Morgan fingerprint density at radius 3 is 2.00 bits per heavy atom. The average Bonchev–Trinajstić information content (AvgIpc) is 2.33. The van der Waals surface area contributed by atoms with Crippen molar-refractivity contribution in [1.29, 1.82) is 0 Å². The lowest BCUT2D eigenvalue weighted by Crippen LogP contribution is -2.14. The first-order valence-corrected chi connectivity index (χ1v) is 6.01. The van der Waals surface area contributed by atoms with Crippen molar-refractivity contribution in [2.45, 2.75) is 10.4 Å². The molecule has 0 aromatic heterocycles. The van der Waals surface area contributed by atoms with Crippen LogP contribution in [0.25, 0.3) is 0 Å². The van der Waals surface area contributed by atoms with Gasteiger partial charge in [0.15, 0.2) is 5.69 Å². The third-order valence-corrected chi connectivity index (χ3v) is 2.82. The van der Waals surface area contributed by atoms with Gasteiger partial charge >= 0.3 is 22.9 Å². The van der Waals surface area contributed by atoms with Crippen LogP contribution in [0.3, 0.4) is 0 Å². The van der Waals surface area contributed by atoms with Gasteiger partial charge in [-0.3, -0.25) is 25.0 Å². The molecule has 1 aromatic rings. The number of alkyl halides is 3. The van der Waals surface area contributed by atoms with E-state index in [1.807, 2.05) is 5.32 Å². The van der Waals surface area contributed by atoms with Crippen molar-refractivity contribution < 1.29 is 32.9 Å². The van der Waals surface area contributed by atoms with E-state index in [-0.39, 0.29) is 0 Å². The van der Waals surface area contributed by atoms with Gasteiger partial charge in [-0.2, -0.15) is 13.2 Å². The molecule has 0 aliphatic rings. The smallest absolute Gasteiger partial charge is 0.446 e. The van der Waals surface area contributed by atoms with Gasteiger partial charge in [-0.25, -0.2) is 0 Å². The molecule has 0 bridgehead atoms. The molecular weight excluding hydrogens is 335 g/mol. The summed E-state index contributed by atoms with van der Waals surface area (Å²) < 4.78 is 36.9. The minimum atomic E-state index is -4.79. The van der Waals surface area contributed by atoms with Gasteiger partial charge in [0.2, 0.25) is 0 Å². The highest BCUT2D eigenvalue weighted by Gasteiger charge is 2.33. The standard InChI is InChI=1S/C9H6F3N3O6S/c10-9(11,12)22-4-1-5(14(18)19)8(13-3-7(16)17)6(2-4)15(20)21/h1-2,13H,3H2,(H,16,17). The van der Waals surface area contributed by atoms with Gasteiger partial charge < -0.3 is 10.4 Å². The Morgan fingerprint density at radius 2 is 1.68 bits per heavy atom. The molecule has 0 amide bonds. The number of nitrogens with zero attached hydrogens (tertiary/aromatic N) is 2. The fraction of sp³-hybridized carbons (Fsp3) is 0.222. The van der Waals surface area contributed by atoms with E-state index in [9.17, 15) is 38.2 Å². The number of nitrogens with one attached hydrogen (secondary N) is 1. The summed E-state index contributed by atoms with van der Waals surface area (Å²) in [5, 5.41) is 32.2. The van der Waals surface area contributed by atoms with E-state index in [4.69, 9.17) is 5.11 Å². The first-order chi connectivity index (χ1) is 10.0. The average molecular weight is 341 g/mol. The van der Waals surface area contributed by atoms with E-state index in [0.717, 1.165) is 0 Å². The fourth-order valence-electron chi connectivity index (χ4n) is 1.41. The van der Waals surface area contributed by atoms with Crippen molar-refractivity contribution in [1.82, 2.24) is 0 Å². The first kappa shape index (κ1) is 17.5. The molecule has 2 N–H and O–H groups in total. The predicted molar refractivity (Wildman–Crippen MR) is 67.8 cm³/mol. The van der Waals surface area contributed by atoms with Crippen LogP contribution in [0.15, 0.2) is 17.0 Å². The Morgan fingerprint density at radius 1 is 1.23 bits per heavy atom. The number of anilines is 1. The van der Waals surface area contributed by atoms with E-state index in [1.165, 1.54) is 0 Å². The number of hydrogen-bond donors (Lipinski definition) is 2. The highest BCUT2D eigenvalue weighted by molar-refractivity contribution is 8.00. The van der Waals surface area contributed by atoms with Crippen LogP contribution in [0.2, 0.25) is 0 Å². The van der Waals surface area contributed by atoms with Gasteiger partial charge in [-0.05, 0) is 11.8 Å². The normalized spacial score (nSPS) is 11.0. The highest BCUT2D eigenvalue weighted by Crippen LogP contribution is 2.43. The zero-order valence-corrected chi connectivity index (χ0v) is 11.1. The van der Waals surface area contributed by atoms with E-state index in [2.05, 4.69) is 0 Å². The van der Waals surface area contributed by atoms with Gasteiger partial charge in [0, 0.05) is 17.0 Å². The van der Waals surface area contributed by atoms with Gasteiger partial charge in [-0.15, -0.1) is 0 Å². The molecule has 0 heterocycles. The lowest BCUT2D eigenvalue weighted by molar-refractivity contribution is -0.392. The third-order valence-electron chi connectivity index (χ3n) is 2.11. The Labute approximate surface area is 123 Å². The van der Waals surface area contributed by atoms with E-state index in [1.54, 1.807) is 0 Å². The van der Waals surface area contributed by atoms with Crippen molar-refractivity contribution in [2.75, 3.05) is 11.9 Å². The molecule has 0 fully saturated rings. The summed E-state index contributed by atoms with van der Waals surface area (Å²) in [4.78, 5) is 29.1. The van der Waals surface area contributed by atoms with Crippen LogP contribution in [-0.2, 0) is 4.79 Å². The molecule has 22 heavy (non-hydrogen) atoms. The Bertz CT molecular complexity index is 601. The largest absolute Gasteiger partial charge is 0.480 e. The van der Waals surface area contributed by atoms with Crippen LogP contribution in [0.1, 0.15) is 0 Å². The Kier molecular flexibility index (Phi) is 5.14. The van der Waals surface area contributed by atoms with Crippen molar-refractivity contribution in [3.8, 4) is 0 Å². The summed E-state index contributed by atoms with van der Waals surface area (Å²) in [5.74, 6) is -1.46. The Hall–Kier alpha value is -2.57. The molecule has 0 saturated carbocycles. The zero-order chi connectivity index (χ0) is 17.1. The number of carboxylic acids is 1. The maximum atomic E-state index is 12.3. The third kappa shape index (κ3) is 4.76. The number of aliphatic carboxylic acids is 1. The monoisotopic (exact) mass is 341 g/mol. The number of thioether (sulfide) groups is 1. The summed E-state index contributed by atoms with van der Waals surface area (Å²) >= 11 is -0.756. The minimum Gasteiger partial charge on any atom is -0.480 e. The molecule has 1 rings (SSSR count). The number of hydrogen-bond acceptors (Lipinski definition) is 7. The summed E-state index contributed by atoms with van der Waals surface area (Å²) in [6.45, 7) is -0.882. The van der Waals surface area contributed by atoms with Crippen molar-refractivity contribution >= 4 is 34.8 Å². The van der Waals surface area contributed by atoms with Crippen molar-refractivity contribution in [3.05, 3.63) is 32.4 Å². The second-order valence-electron chi connectivity index (χ2n) is 3.65. The van der Waals surface area contributed by atoms with Crippen LogP contribution in [0.5, 0.6) is 0 Å². The molecule has 9 nitrogen and oxygen atoms in total. The second-order valence-corrected chi connectivity index (χ2v) is 4.78. The topological polar surface area (TPSA) is 136 Å². The van der Waals surface area contributed by atoms with E-state index < -0.39 is 61.6 Å². The zero-order valence-electron chi connectivity index (χ0n) is 10.3. The van der Waals surface area contributed by atoms with Crippen molar-refractivity contribution in [2.24, 2.45) is 0 Å². The van der Waals surface area contributed by atoms with Gasteiger partial charge in [-0.1, -0.05) is 0 Å². The minimum absolute atomic E-state index is 0.481. The molecule has 0 aliphatic carbocycles. The summed E-state index contributed by atoms with van der Waals surface area (Å²) in [6.07, 6.45) is 0. The number of carbonyl (C=O) groups is 1. The molecule has 1 aromatic carbocycles. The fourth-order valence-corrected chi connectivity index (χ4v) is 2.02. The van der Waals surface area contributed by atoms with Crippen molar-refractivity contribution in [3.63, 3.8) is 0 Å². The highest BCUT2D eigenvalue weighted by atomic mass is 32.2. The van der Waals surface area contributed by atoms with Gasteiger partial charge in [0.1, 0.15) is 6.54 Å². The SMILES string of the molecule is O=C(O)CNc1c([N+](=O)[O-])cc(SC(F)(F)F)cc1[N+](=O)[O-]. The molecule has 120 valence electrons. The molecule has 0 unspecified atom stereocenters. The number of rotatable bonds is 6. The molecule has 0 aliphatic heterocycles. The van der Waals surface area contributed by atoms with Gasteiger partial charge in [0.05, 0.1) is 9.85 Å². The molecule has 0 atom stereocenters. The predicted octanol–water partition coefficient (Wildman–Crippen LogP) is 2.61. The molecule has 0 spiro atoms. The van der Waals surface area contributed by atoms with Crippen LogP contribution in [0, 0.1) is 20.2 Å². The summed E-state index contributed by atoms with van der Waals surface area (Å²) in [7, 11) is 0. The number of nitro benzene ring substituents is 2. The second kappa shape index (κ2) is 6.46. The molecule has 0 radical (unpaired) electrons. The van der Waals surface area contributed by atoms with E-state index in [0.29, 0.717) is 12.1 Å². The Balaban J connectivity index is 3.43. The van der Waals surface area contributed by atoms with Gasteiger partial charge in [0.25, 0.3) is 0 Å². The quantitative estimate of drug-likeness (QED) is 0.458. The molecule has 0 saturated heterocycles. The van der Waals surface area contributed by atoms with E-state index >= 15 is 0 Å². The van der Waals surface area contributed by atoms with Crippen LogP contribution >= 0.6 is 11.8 Å². The number of nitro groups is 2. The van der Waals surface area contributed by atoms with Crippen LogP contribution in [-0.4, -0.2) is 33.0 Å². The maximum Gasteiger partial charge on any atom is 0.446 e. The number of benzene rings is 1. The first-order valence-electron chi connectivity index (χ1n) is 5.19. The summed E-state index contributed by atoms with van der Waals surface area (Å²) in [5.41, 5.74) is -7.62.